The second-order valence-corrected chi connectivity index (χ2v) is 6.58. The largest absolute Gasteiger partial charge is 0.456 e. The molecule has 28 heavy (non-hydrogen) atoms. The minimum Gasteiger partial charge on any atom is -0.456 e. The van der Waals surface area contributed by atoms with Gasteiger partial charge < -0.3 is 19.9 Å². The van der Waals surface area contributed by atoms with Crippen LogP contribution in [0.5, 0.6) is 11.5 Å². The summed E-state index contributed by atoms with van der Waals surface area (Å²) < 4.78 is 8.01. The van der Waals surface area contributed by atoms with Gasteiger partial charge in [-0.15, -0.1) is 0 Å². The van der Waals surface area contributed by atoms with E-state index in [0.717, 1.165) is 16.8 Å². The highest BCUT2D eigenvalue weighted by atomic mass is 16.5. The lowest BCUT2D eigenvalue weighted by atomic mass is 10.1. The third-order valence-electron chi connectivity index (χ3n) is 4.53. The fourth-order valence-electron chi connectivity index (χ4n) is 3.09. The van der Waals surface area contributed by atoms with Gasteiger partial charge in [0.2, 0.25) is 5.91 Å². The highest BCUT2D eigenvalue weighted by molar-refractivity contribution is 5.77. The van der Waals surface area contributed by atoms with Gasteiger partial charge in [0.05, 0.1) is 24.1 Å². The number of carbonyl (C=O) groups excluding carboxylic acids is 1. The first-order chi connectivity index (χ1) is 13.7. The van der Waals surface area contributed by atoms with Crippen molar-refractivity contribution in [2.75, 3.05) is 6.54 Å². The molecule has 1 aliphatic rings. The van der Waals surface area contributed by atoms with Gasteiger partial charge in [0.15, 0.2) is 0 Å². The summed E-state index contributed by atoms with van der Waals surface area (Å²) in [5.41, 5.74) is 3.35. The molecule has 3 aromatic rings. The van der Waals surface area contributed by atoms with E-state index in [-0.39, 0.29) is 12.5 Å². The molecule has 0 saturated carbocycles. The normalized spacial score (nSPS) is 14.3. The van der Waals surface area contributed by atoms with Crippen LogP contribution in [0.1, 0.15) is 22.4 Å². The molecule has 140 valence electrons. The molecule has 2 N–H and O–H groups in total. The van der Waals surface area contributed by atoms with Crippen LogP contribution < -0.4 is 15.4 Å². The third-order valence-corrected chi connectivity index (χ3v) is 4.53. The van der Waals surface area contributed by atoms with Crippen LogP contribution in [-0.4, -0.2) is 22.0 Å². The molecule has 0 radical (unpaired) electrons. The van der Waals surface area contributed by atoms with Crippen molar-refractivity contribution in [1.82, 2.24) is 20.2 Å². The summed E-state index contributed by atoms with van der Waals surface area (Å²) in [5, 5.41) is 15.5. The number of ether oxygens (including phenoxy) is 1. The number of nitrogens with zero attached hydrogens (tertiary/aromatic N) is 3. The molecule has 1 aromatic heterocycles. The van der Waals surface area contributed by atoms with E-state index in [1.165, 1.54) is 0 Å². The van der Waals surface area contributed by atoms with Crippen molar-refractivity contribution in [2.24, 2.45) is 0 Å². The number of aromatic nitrogens is 2. The smallest absolute Gasteiger partial charge is 0.234 e. The topological polar surface area (TPSA) is 92.0 Å². The van der Waals surface area contributed by atoms with Crippen LogP contribution in [0.3, 0.4) is 0 Å². The first-order valence-electron chi connectivity index (χ1n) is 8.97. The van der Waals surface area contributed by atoms with Gasteiger partial charge in [-0.3, -0.25) is 4.79 Å². The zero-order valence-corrected chi connectivity index (χ0v) is 15.2. The molecule has 0 atom stereocenters. The lowest BCUT2D eigenvalue weighted by Gasteiger charge is -2.14. The molecule has 1 aliphatic heterocycles. The van der Waals surface area contributed by atoms with Crippen LogP contribution in [0.4, 0.5) is 0 Å². The summed E-state index contributed by atoms with van der Waals surface area (Å²) in [6.45, 7) is 1.75. The Kier molecular flexibility index (Phi) is 5.04. The molecular formula is C21H19N5O2. The van der Waals surface area contributed by atoms with Crippen molar-refractivity contribution < 1.29 is 9.53 Å². The number of fused-ring (bicyclic) bond motifs is 5. The van der Waals surface area contributed by atoms with Gasteiger partial charge in [0.25, 0.3) is 0 Å². The van der Waals surface area contributed by atoms with E-state index in [9.17, 15) is 10.1 Å². The molecule has 0 saturated heterocycles. The zero-order valence-electron chi connectivity index (χ0n) is 15.2. The molecular weight excluding hydrogens is 354 g/mol. The summed E-state index contributed by atoms with van der Waals surface area (Å²) in [7, 11) is 0. The molecule has 0 unspecified atom stereocenters. The molecule has 7 nitrogen and oxygen atoms in total. The van der Waals surface area contributed by atoms with Crippen molar-refractivity contribution in [3.63, 3.8) is 0 Å². The molecule has 0 aliphatic carbocycles. The maximum Gasteiger partial charge on any atom is 0.234 e. The van der Waals surface area contributed by atoms with E-state index >= 15 is 0 Å². The van der Waals surface area contributed by atoms with Gasteiger partial charge in [-0.2, -0.15) is 5.26 Å². The first-order valence-corrected chi connectivity index (χ1v) is 8.97. The Labute approximate surface area is 162 Å². The maximum absolute atomic E-state index is 12.1. The van der Waals surface area contributed by atoms with Crippen LogP contribution in [0.15, 0.2) is 55.0 Å². The predicted molar refractivity (Wildman–Crippen MR) is 103 cm³/mol. The lowest BCUT2D eigenvalue weighted by molar-refractivity contribution is -0.120. The van der Waals surface area contributed by atoms with Crippen molar-refractivity contribution in [2.45, 2.75) is 19.6 Å². The second kappa shape index (κ2) is 7.94. The number of rotatable bonds is 0. The highest BCUT2D eigenvalue weighted by Crippen LogP contribution is 2.27. The van der Waals surface area contributed by atoms with Gasteiger partial charge in [-0.05, 0) is 35.4 Å². The minimum absolute atomic E-state index is 0.0820. The Morgan fingerprint density at radius 2 is 2.04 bits per heavy atom. The summed E-state index contributed by atoms with van der Waals surface area (Å²) in [6, 6.07) is 15.2. The standard InChI is InChI=1S/C21H19N5O2/c22-8-17-5-4-16-7-20(17)28-19-3-1-2-15(6-19)9-25-21(27)12-23-10-18-11-24-14-26(18)13-16/h1-7,11,14,23H,9-10,12-13H2,(H,25,27). The van der Waals surface area contributed by atoms with Crippen molar-refractivity contribution >= 4 is 5.91 Å². The van der Waals surface area contributed by atoms with Crippen LogP contribution in [0.2, 0.25) is 0 Å². The highest BCUT2D eigenvalue weighted by Gasteiger charge is 2.11. The molecule has 1 amide bonds. The van der Waals surface area contributed by atoms with E-state index in [4.69, 9.17) is 4.74 Å². The number of nitriles is 1. The van der Waals surface area contributed by atoms with E-state index in [2.05, 4.69) is 21.7 Å². The maximum atomic E-state index is 12.1. The zero-order chi connectivity index (χ0) is 19.3. The Bertz CT molecular complexity index is 1050. The average molecular weight is 373 g/mol. The molecule has 4 bridgehead atoms. The van der Waals surface area contributed by atoms with Crippen LogP contribution in [-0.2, 0) is 24.4 Å². The monoisotopic (exact) mass is 373 g/mol. The first kappa shape index (κ1) is 17.8. The van der Waals surface area contributed by atoms with E-state index in [1.54, 1.807) is 18.6 Å². The lowest BCUT2D eigenvalue weighted by Crippen LogP contribution is -2.33. The number of hydrogen-bond donors (Lipinski definition) is 2. The quantitative estimate of drug-likeness (QED) is 0.631. The second-order valence-electron chi connectivity index (χ2n) is 6.58. The third kappa shape index (κ3) is 4.03. The molecule has 4 rings (SSSR count). The van der Waals surface area contributed by atoms with Gasteiger partial charge in [-0.1, -0.05) is 18.2 Å². The van der Waals surface area contributed by atoms with Gasteiger partial charge in [0, 0.05) is 25.8 Å². The van der Waals surface area contributed by atoms with Gasteiger partial charge >= 0.3 is 0 Å². The van der Waals surface area contributed by atoms with Crippen LogP contribution in [0, 0.1) is 11.3 Å². The van der Waals surface area contributed by atoms with Crippen LogP contribution >= 0.6 is 0 Å². The Morgan fingerprint density at radius 3 is 2.93 bits per heavy atom. The number of carbonyl (C=O) groups is 1. The number of amides is 1. The predicted octanol–water partition coefficient (Wildman–Crippen LogP) is 2.31. The number of imidazole rings is 1. The summed E-state index contributed by atoms with van der Waals surface area (Å²) in [6.07, 6.45) is 3.53. The number of benzene rings is 2. The van der Waals surface area contributed by atoms with E-state index in [0.29, 0.717) is 36.7 Å². The van der Waals surface area contributed by atoms with E-state index < -0.39 is 0 Å². The fraction of sp³-hybridized carbons (Fsp3) is 0.190. The fourth-order valence-corrected chi connectivity index (χ4v) is 3.09. The minimum atomic E-state index is -0.0820. The van der Waals surface area contributed by atoms with Gasteiger partial charge in [-0.25, -0.2) is 4.98 Å². The van der Waals surface area contributed by atoms with Crippen molar-refractivity contribution in [1.29, 1.82) is 5.26 Å². The molecule has 2 aromatic carbocycles. The Balaban J connectivity index is 1.72. The van der Waals surface area contributed by atoms with Crippen molar-refractivity contribution in [3.05, 3.63) is 77.4 Å². The van der Waals surface area contributed by atoms with Crippen molar-refractivity contribution in [3.8, 4) is 17.6 Å². The summed E-state index contributed by atoms with van der Waals surface area (Å²) in [5.74, 6) is 1.04. The average Bonchev–Trinajstić information content (AvgIpc) is 3.13. The van der Waals surface area contributed by atoms with E-state index in [1.807, 2.05) is 41.0 Å². The number of nitrogens with one attached hydrogen (secondary N) is 2. The summed E-state index contributed by atoms with van der Waals surface area (Å²) >= 11 is 0. The Morgan fingerprint density at radius 1 is 1.11 bits per heavy atom. The molecule has 7 heteroatoms. The van der Waals surface area contributed by atoms with Crippen LogP contribution in [0.25, 0.3) is 0 Å². The molecule has 0 fully saturated rings. The number of hydrogen-bond acceptors (Lipinski definition) is 5. The molecule has 2 heterocycles. The summed E-state index contributed by atoms with van der Waals surface area (Å²) in [4.78, 5) is 16.3. The Hall–Kier alpha value is -3.63. The van der Waals surface area contributed by atoms with Gasteiger partial charge in [0.1, 0.15) is 17.6 Å². The SMILES string of the molecule is N#Cc1ccc2cc1Oc1cccc(c1)CNC(=O)CNCc1cncn1C2. The molecule has 0 spiro atoms.